The third kappa shape index (κ3) is 6.19. The first-order valence-electron chi connectivity index (χ1n) is 11.9. The summed E-state index contributed by atoms with van der Waals surface area (Å²) in [5.74, 6) is -0.286. The first-order valence-corrected chi connectivity index (χ1v) is 12.8. The van der Waals surface area contributed by atoms with Crippen molar-refractivity contribution >= 4 is 28.8 Å². The van der Waals surface area contributed by atoms with Gasteiger partial charge in [0.2, 0.25) is 11.8 Å². The van der Waals surface area contributed by atoms with E-state index in [4.69, 9.17) is 9.72 Å². The zero-order chi connectivity index (χ0) is 23.2. The molecule has 0 bridgehead atoms. The summed E-state index contributed by atoms with van der Waals surface area (Å²) >= 11 is 1.64. The van der Waals surface area contributed by atoms with Crippen molar-refractivity contribution in [3.63, 3.8) is 0 Å². The Balaban J connectivity index is 1.30. The van der Waals surface area contributed by atoms with Gasteiger partial charge in [0, 0.05) is 44.2 Å². The normalized spacial score (nSPS) is 19.3. The SMILES string of the molecule is CCCCc1ccc(N2CC(C(=O)N(C)Cc3csc(CN4CCOCC4)n3)CC2=O)cc1. The van der Waals surface area contributed by atoms with Gasteiger partial charge in [0.25, 0.3) is 0 Å². The molecule has 3 heterocycles. The highest BCUT2D eigenvalue weighted by atomic mass is 32.1. The smallest absolute Gasteiger partial charge is 0.228 e. The van der Waals surface area contributed by atoms with Crippen LogP contribution in [0.2, 0.25) is 0 Å². The van der Waals surface area contributed by atoms with E-state index in [2.05, 4.69) is 24.0 Å². The van der Waals surface area contributed by atoms with E-state index in [0.717, 1.165) is 55.7 Å². The number of unbranched alkanes of at least 4 members (excludes halogenated alkanes) is 1. The first-order chi connectivity index (χ1) is 16.0. The highest BCUT2D eigenvalue weighted by Crippen LogP contribution is 2.27. The minimum atomic E-state index is -0.311. The number of morpholine rings is 1. The summed E-state index contributed by atoms with van der Waals surface area (Å²) < 4.78 is 5.40. The second kappa shape index (κ2) is 11.2. The predicted octanol–water partition coefficient (Wildman–Crippen LogP) is 3.33. The van der Waals surface area contributed by atoms with Crippen LogP contribution in [-0.4, -0.2) is 66.5 Å². The van der Waals surface area contributed by atoms with E-state index in [-0.39, 0.29) is 24.2 Å². The van der Waals surface area contributed by atoms with E-state index in [0.29, 0.717) is 13.1 Å². The lowest BCUT2D eigenvalue weighted by molar-refractivity contribution is -0.135. The third-order valence-corrected chi connectivity index (χ3v) is 7.26. The molecular formula is C25H34N4O3S. The van der Waals surface area contributed by atoms with Gasteiger partial charge in [-0.2, -0.15) is 0 Å². The van der Waals surface area contributed by atoms with Gasteiger partial charge in [0.05, 0.1) is 37.9 Å². The van der Waals surface area contributed by atoms with Gasteiger partial charge >= 0.3 is 0 Å². The van der Waals surface area contributed by atoms with Crippen LogP contribution in [0.15, 0.2) is 29.6 Å². The number of thiazole rings is 1. The second-order valence-electron chi connectivity index (χ2n) is 8.99. The topological polar surface area (TPSA) is 66.0 Å². The molecule has 2 amide bonds. The van der Waals surface area contributed by atoms with Crippen molar-refractivity contribution in [1.29, 1.82) is 0 Å². The van der Waals surface area contributed by atoms with Crippen molar-refractivity contribution in [2.24, 2.45) is 5.92 Å². The molecule has 0 saturated carbocycles. The van der Waals surface area contributed by atoms with E-state index < -0.39 is 0 Å². The van der Waals surface area contributed by atoms with Gasteiger partial charge < -0.3 is 14.5 Å². The average Bonchev–Trinajstić information content (AvgIpc) is 3.44. The number of rotatable bonds is 9. The number of aryl methyl sites for hydroxylation is 1. The van der Waals surface area contributed by atoms with E-state index in [9.17, 15) is 9.59 Å². The van der Waals surface area contributed by atoms with Crippen LogP contribution in [0.1, 0.15) is 42.5 Å². The largest absolute Gasteiger partial charge is 0.379 e. The number of amides is 2. The van der Waals surface area contributed by atoms with Gasteiger partial charge in [-0.05, 0) is 30.5 Å². The summed E-state index contributed by atoms with van der Waals surface area (Å²) in [6.07, 6.45) is 3.65. The highest BCUT2D eigenvalue weighted by molar-refractivity contribution is 7.09. The maximum atomic E-state index is 13.1. The van der Waals surface area contributed by atoms with E-state index in [1.165, 1.54) is 18.4 Å². The summed E-state index contributed by atoms with van der Waals surface area (Å²) in [4.78, 5) is 36.3. The van der Waals surface area contributed by atoms with Crippen molar-refractivity contribution in [3.05, 3.63) is 45.9 Å². The van der Waals surface area contributed by atoms with Crippen LogP contribution in [0.5, 0.6) is 0 Å². The van der Waals surface area contributed by atoms with Crippen molar-refractivity contribution in [2.75, 3.05) is 44.8 Å². The molecule has 8 heteroatoms. The van der Waals surface area contributed by atoms with Crippen LogP contribution >= 0.6 is 11.3 Å². The number of carbonyl (C=O) groups excluding carboxylic acids is 2. The summed E-state index contributed by atoms with van der Waals surface area (Å²) in [5.41, 5.74) is 3.07. The Morgan fingerprint density at radius 1 is 1.24 bits per heavy atom. The molecule has 7 nitrogen and oxygen atoms in total. The molecule has 0 spiro atoms. The minimum absolute atomic E-state index is 0.00754. The fourth-order valence-electron chi connectivity index (χ4n) is 4.42. The Hall–Kier alpha value is -2.29. The van der Waals surface area contributed by atoms with Gasteiger partial charge in [0.15, 0.2) is 0 Å². The van der Waals surface area contributed by atoms with Gasteiger partial charge in [-0.25, -0.2) is 4.98 Å². The first kappa shape index (κ1) is 23.9. The Labute approximate surface area is 200 Å². The Morgan fingerprint density at radius 3 is 2.73 bits per heavy atom. The highest BCUT2D eigenvalue weighted by Gasteiger charge is 2.36. The molecule has 0 N–H and O–H groups in total. The molecule has 1 aromatic heterocycles. The number of anilines is 1. The summed E-state index contributed by atoms with van der Waals surface area (Å²) in [7, 11) is 1.80. The van der Waals surface area contributed by atoms with Crippen LogP contribution < -0.4 is 4.90 Å². The van der Waals surface area contributed by atoms with Crippen LogP contribution in [0, 0.1) is 5.92 Å². The summed E-state index contributed by atoms with van der Waals surface area (Å²) in [6.45, 7) is 7.33. The van der Waals surface area contributed by atoms with Crippen LogP contribution in [0.25, 0.3) is 0 Å². The summed E-state index contributed by atoms with van der Waals surface area (Å²) in [5, 5.41) is 3.10. The Bertz CT molecular complexity index is 939. The number of hydrogen-bond acceptors (Lipinski definition) is 6. The number of aromatic nitrogens is 1. The van der Waals surface area contributed by atoms with Gasteiger partial charge in [-0.15, -0.1) is 11.3 Å². The molecule has 1 aromatic carbocycles. The van der Waals surface area contributed by atoms with Gasteiger partial charge in [-0.1, -0.05) is 25.5 Å². The second-order valence-corrected chi connectivity index (χ2v) is 9.93. The fourth-order valence-corrected chi connectivity index (χ4v) is 5.25. The van der Waals surface area contributed by atoms with Crippen molar-refractivity contribution < 1.29 is 14.3 Å². The fraction of sp³-hybridized carbons (Fsp3) is 0.560. The molecule has 2 aliphatic heterocycles. The molecule has 178 valence electrons. The monoisotopic (exact) mass is 470 g/mol. The molecular weight excluding hydrogens is 436 g/mol. The van der Waals surface area contributed by atoms with Crippen molar-refractivity contribution in [3.8, 4) is 0 Å². The molecule has 33 heavy (non-hydrogen) atoms. The molecule has 2 aliphatic rings. The molecule has 2 aromatic rings. The average molecular weight is 471 g/mol. The molecule has 2 fully saturated rings. The van der Waals surface area contributed by atoms with Crippen LogP contribution in [-0.2, 0) is 33.8 Å². The lowest BCUT2D eigenvalue weighted by atomic mass is 10.1. The van der Waals surface area contributed by atoms with Crippen LogP contribution in [0.3, 0.4) is 0 Å². The molecule has 2 saturated heterocycles. The number of hydrogen-bond donors (Lipinski definition) is 0. The van der Waals surface area contributed by atoms with Crippen LogP contribution in [0.4, 0.5) is 5.69 Å². The van der Waals surface area contributed by atoms with Crippen molar-refractivity contribution in [1.82, 2.24) is 14.8 Å². The molecule has 4 rings (SSSR count). The van der Waals surface area contributed by atoms with Gasteiger partial charge in [0.1, 0.15) is 5.01 Å². The number of carbonyl (C=O) groups is 2. The maximum absolute atomic E-state index is 13.1. The van der Waals surface area contributed by atoms with Crippen molar-refractivity contribution in [2.45, 2.75) is 45.7 Å². The van der Waals surface area contributed by atoms with Gasteiger partial charge in [-0.3, -0.25) is 14.5 Å². The lowest BCUT2D eigenvalue weighted by Crippen LogP contribution is -2.35. The number of benzene rings is 1. The predicted molar refractivity (Wildman–Crippen MR) is 130 cm³/mol. The van der Waals surface area contributed by atoms with E-state index >= 15 is 0 Å². The summed E-state index contributed by atoms with van der Waals surface area (Å²) in [6, 6.07) is 8.20. The quantitative estimate of drug-likeness (QED) is 0.563. The number of ether oxygens (including phenoxy) is 1. The zero-order valence-electron chi connectivity index (χ0n) is 19.7. The third-order valence-electron chi connectivity index (χ3n) is 6.38. The lowest BCUT2D eigenvalue weighted by Gasteiger charge is -2.25. The molecule has 1 unspecified atom stereocenters. The Kier molecular flexibility index (Phi) is 8.11. The van der Waals surface area contributed by atoms with E-state index in [1.54, 1.807) is 28.2 Å². The zero-order valence-corrected chi connectivity index (χ0v) is 20.5. The standard InChI is InChI=1S/C25H34N4O3S/c1-3-4-5-19-6-8-22(9-7-19)29-15-20(14-24(29)30)25(31)27(2)16-21-18-33-23(26-21)17-28-10-12-32-13-11-28/h6-9,18,20H,3-5,10-17H2,1-2H3. The molecule has 0 aliphatic carbocycles. The minimum Gasteiger partial charge on any atom is -0.379 e. The molecule has 1 atom stereocenters. The number of nitrogens with zero attached hydrogens (tertiary/aromatic N) is 4. The maximum Gasteiger partial charge on any atom is 0.228 e. The molecule has 0 radical (unpaired) electrons. The van der Waals surface area contributed by atoms with E-state index in [1.807, 2.05) is 17.5 Å². The Morgan fingerprint density at radius 2 is 2.00 bits per heavy atom.